The van der Waals surface area contributed by atoms with Gasteiger partial charge in [-0.3, -0.25) is 4.79 Å². The van der Waals surface area contributed by atoms with Gasteiger partial charge >= 0.3 is 0 Å². The third-order valence-electron chi connectivity index (χ3n) is 3.50. The van der Waals surface area contributed by atoms with Crippen molar-refractivity contribution in [2.75, 3.05) is 12.3 Å². The van der Waals surface area contributed by atoms with Gasteiger partial charge in [-0.25, -0.2) is 8.42 Å². The van der Waals surface area contributed by atoms with E-state index in [1.165, 1.54) is 4.31 Å². The standard InChI is InChI=1S/C17H21N3O3S/c18-16-8-4-7-15(11-16)13-24(22,23)20(10-9-17(19)21)12-14-5-2-1-3-6-14/h1-8,11H,9-10,12-13,18H2,(H2,19,21). The Kier molecular flexibility index (Phi) is 5.94. The summed E-state index contributed by atoms with van der Waals surface area (Å²) >= 11 is 0. The summed E-state index contributed by atoms with van der Waals surface area (Å²) in [5, 5.41) is 0. The summed E-state index contributed by atoms with van der Waals surface area (Å²) in [6.45, 7) is 0.244. The van der Waals surface area contributed by atoms with Gasteiger partial charge in [0.2, 0.25) is 15.9 Å². The van der Waals surface area contributed by atoms with E-state index in [1.54, 1.807) is 24.3 Å². The molecule has 7 heteroatoms. The van der Waals surface area contributed by atoms with Crippen LogP contribution < -0.4 is 11.5 Å². The van der Waals surface area contributed by atoms with Crippen LogP contribution in [0.3, 0.4) is 0 Å². The molecule has 2 aromatic rings. The quantitative estimate of drug-likeness (QED) is 0.705. The minimum absolute atomic E-state index is 0.0248. The number of nitrogens with zero attached hydrogens (tertiary/aromatic N) is 1. The number of hydrogen-bond donors (Lipinski definition) is 2. The lowest BCUT2D eigenvalue weighted by molar-refractivity contribution is -0.118. The topological polar surface area (TPSA) is 106 Å². The van der Waals surface area contributed by atoms with Crippen LogP contribution in [0.25, 0.3) is 0 Å². The molecule has 0 bridgehead atoms. The monoisotopic (exact) mass is 347 g/mol. The van der Waals surface area contributed by atoms with Crippen LogP contribution in [0.1, 0.15) is 17.5 Å². The number of carbonyl (C=O) groups is 1. The van der Waals surface area contributed by atoms with Crippen molar-refractivity contribution < 1.29 is 13.2 Å². The van der Waals surface area contributed by atoms with Crippen molar-refractivity contribution >= 4 is 21.6 Å². The molecule has 2 aromatic carbocycles. The number of hydrogen-bond acceptors (Lipinski definition) is 4. The highest BCUT2D eigenvalue weighted by atomic mass is 32.2. The minimum Gasteiger partial charge on any atom is -0.399 e. The summed E-state index contributed by atoms with van der Waals surface area (Å²) in [4.78, 5) is 11.1. The molecule has 2 rings (SSSR count). The van der Waals surface area contributed by atoms with Gasteiger partial charge in [-0.15, -0.1) is 0 Å². The smallest absolute Gasteiger partial charge is 0.218 e. The van der Waals surface area contributed by atoms with E-state index in [0.717, 1.165) is 5.56 Å². The van der Waals surface area contributed by atoms with E-state index in [-0.39, 0.29) is 25.3 Å². The third-order valence-corrected chi connectivity index (χ3v) is 5.30. The lowest BCUT2D eigenvalue weighted by atomic mass is 10.2. The van der Waals surface area contributed by atoms with Crippen molar-refractivity contribution in [2.24, 2.45) is 5.73 Å². The van der Waals surface area contributed by atoms with Gasteiger partial charge < -0.3 is 11.5 Å². The molecule has 4 N–H and O–H groups in total. The van der Waals surface area contributed by atoms with E-state index in [4.69, 9.17) is 11.5 Å². The maximum atomic E-state index is 12.8. The van der Waals surface area contributed by atoms with Gasteiger partial charge in [-0.2, -0.15) is 4.31 Å². The molecule has 0 unspecified atom stereocenters. The Bertz CT molecular complexity index is 792. The highest BCUT2D eigenvalue weighted by Gasteiger charge is 2.23. The second kappa shape index (κ2) is 7.94. The van der Waals surface area contributed by atoms with Crippen molar-refractivity contribution in [1.82, 2.24) is 4.31 Å². The fourth-order valence-corrected chi connectivity index (χ4v) is 3.82. The number of amides is 1. The largest absolute Gasteiger partial charge is 0.399 e. The first-order valence-electron chi connectivity index (χ1n) is 7.51. The molecule has 0 aliphatic rings. The third kappa shape index (κ3) is 5.36. The normalized spacial score (nSPS) is 11.5. The Morgan fingerprint density at radius 1 is 1.00 bits per heavy atom. The maximum absolute atomic E-state index is 12.8. The van der Waals surface area contributed by atoms with Crippen LogP contribution in [-0.2, 0) is 27.1 Å². The minimum atomic E-state index is -3.62. The zero-order chi connectivity index (χ0) is 17.6. The number of carbonyl (C=O) groups excluding carboxylic acids is 1. The van der Waals surface area contributed by atoms with Crippen molar-refractivity contribution in [1.29, 1.82) is 0 Å². The number of sulfonamides is 1. The van der Waals surface area contributed by atoms with Crippen LogP contribution in [0.4, 0.5) is 5.69 Å². The molecule has 0 radical (unpaired) electrons. The van der Waals surface area contributed by atoms with Crippen LogP contribution in [0, 0.1) is 0 Å². The van der Waals surface area contributed by atoms with Gasteiger partial charge in [0.25, 0.3) is 0 Å². The van der Waals surface area contributed by atoms with Crippen molar-refractivity contribution in [3.8, 4) is 0 Å². The molecule has 6 nitrogen and oxygen atoms in total. The summed E-state index contributed by atoms with van der Waals surface area (Å²) < 4.78 is 26.8. The molecule has 24 heavy (non-hydrogen) atoms. The predicted octanol–water partition coefficient (Wildman–Crippen LogP) is 1.48. The average molecular weight is 347 g/mol. The number of benzene rings is 2. The van der Waals surface area contributed by atoms with Gasteiger partial charge in [0, 0.05) is 25.2 Å². The number of anilines is 1. The number of nitrogens with two attached hydrogens (primary N) is 2. The molecule has 0 aromatic heterocycles. The van der Waals surface area contributed by atoms with Crippen LogP contribution in [0.2, 0.25) is 0 Å². The van der Waals surface area contributed by atoms with E-state index in [0.29, 0.717) is 11.3 Å². The van der Waals surface area contributed by atoms with Crippen LogP contribution in [-0.4, -0.2) is 25.2 Å². The van der Waals surface area contributed by atoms with Crippen LogP contribution >= 0.6 is 0 Å². The molecule has 0 aliphatic heterocycles. The second-order valence-electron chi connectivity index (χ2n) is 5.54. The summed E-state index contributed by atoms with van der Waals surface area (Å²) in [6, 6.07) is 16.0. The molecule has 0 aliphatic carbocycles. The molecular weight excluding hydrogens is 326 g/mol. The molecule has 0 spiro atoms. The van der Waals surface area contributed by atoms with Crippen LogP contribution in [0.5, 0.6) is 0 Å². The van der Waals surface area contributed by atoms with E-state index >= 15 is 0 Å². The molecule has 0 atom stereocenters. The molecule has 0 saturated heterocycles. The number of primary amides is 1. The molecule has 0 heterocycles. The first-order valence-corrected chi connectivity index (χ1v) is 9.12. The predicted molar refractivity (Wildman–Crippen MR) is 94.1 cm³/mol. The van der Waals surface area contributed by atoms with Gasteiger partial charge in [-0.05, 0) is 23.3 Å². The van der Waals surface area contributed by atoms with E-state index < -0.39 is 15.9 Å². The second-order valence-corrected chi connectivity index (χ2v) is 7.51. The van der Waals surface area contributed by atoms with Crippen molar-refractivity contribution in [3.63, 3.8) is 0 Å². The highest BCUT2D eigenvalue weighted by Crippen LogP contribution is 2.16. The molecule has 1 amide bonds. The van der Waals surface area contributed by atoms with Crippen LogP contribution in [0.15, 0.2) is 54.6 Å². The molecular formula is C17H21N3O3S. The zero-order valence-electron chi connectivity index (χ0n) is 13.3. The number of rotatable bonds is 8. The zero-order valence-corrected chi connectivity index (χ0v) is 14.1. The fraction of sp³-hybridized carbons (Fsp3) is 0.235. The summed E-state index contributed by atoms with van der Waals surface area (Å²) in [5.41, 5.74) is 12.8. The average Bonchev–Trinajstić information content (AvgIpc) is 2.51. The Hall–Kier alpha value is -2.38. The van der Waals surface area contributed by atoms with Crippen molar-refractivity contribution in [3.05, 3.63) is 65.7 Å². The van der Waals surface area contributed by atoms with Gasteiger partial charge in [0.15, 0.2) is 0 Å². The first kappa shape index (κ1) is 18.0. The SMILES string of the molecule is NC(=O)CCN(Cc1ccccc1)S(=O)(=O)Cc1cccc(N)c1. The Balaban J connectivity index is 2.21. The Morgan fingerprint density at radius 2 is 1.67 bits per heavy atom. The Labute approximate surface area is 142 Å². The fourth-order valence-electron chi connectivity index (χ4n) is 2.32. The van der Waals surface area contributed by atoms with Crippen molar-refractivity contribution in [2.45, 2.75) is 18.7 Å². The van der Waals surface area contributed by atoms with E-state index in [9.17, 15) is 13.2 Å². The van der Waals surface area contributed by atoms with Gasteiger partial charge in [-0.1, -0.05) is 42.5 Å². The summed E-state index contributed by atoms with van der Waals surface area (Å²) in [6.07, 6.45) is -0.0248. The van der Waals surface area contributed by atoms with E-state index in [1.807, 2.05) is 30.3 Å². The lowest BCUT2D eigenvalue weighted by Crippen LogP contribution is -2.34. The molecule has 0 fully saturated rings. The lowest BCUT2D eigenvalue weighted by Gasteiger charge is -2.22. The van der Waals surface area contributed by atoms with E-state index in [2.05, 4.69) is 0 Å². The molecule has 0 saturated carbocycles. The van der Waals surface area contributed by atoms with Gasteiger partial charge in [0.1, 0.15) is 0 Å². The number of nitrogen functional groups attached to an aromatic ring is 1. The Morgan fingerprint density at radius 3 is 2.29 bits per heavy atom. The molecule has 128 valence electrons. The first-order chi connectivity index (χ1) is 11.4. The van der Waals surface area contributed by atoms with Gasteiger partial charge in [0.05, 0.1) is 5.75 Å². The highest BCUT2D eigenvalue weighted by molar-refractivity contribution is 7.88. The maximum Gasteiger partial charge on any atom is 0.218 e. The summed E-state index contributed by atoms with van der Waals surface area (Å²) in [7, 11) is -3.62. The summed E-state index contributed by atoms with van der Waals surface area (Å²) in [5.74, 6) is -0.712.